The Morgan fingerprint density at radius 2 is 1.82 bits per heavy atom. The minimum Gasteiger partial charge on any atom is -0.423 e. The van der Waals surface area contributed by atoms with Crippen LogP contribution in [0.25, 0.3) is 33.8 Å². The Morgan fingerprint density at radius 1 is 1.00 bits per heavy atom. The number of nitrogens with zero attached hydrogens (tertiary/aromatic N) is 5. The summed E-state index contributed by atoms with van der Waals surface area (Å²) in [5.41, 5.74) is 5.35. The lowest BCUT2D eigenvalue weighted by Crippen LogP contribution is -2.30. The highest BCUT2D eigenvalue weighted by Crippen LogP contribution is 2.30. The van der Waals surface area contributed by atoms with Crippen molar-refractivity contribution in [1.82, 2.24) is 24.5 Å². The number of aromatic nitrogens is 5. The number of pyridine rings is 3. The average molecular weight is 461 g/mol. The first-order valence-corrected chi connectivity index (χ1v) is 14.6. The van der Waals surface area contributed by atoms with Gasteiger partial charge in [-0.2, -0.15) is 0 Å². The number of aryl methyl sites for hydroxylation is 1. The van der Waals surface area contributed by atoms with Crippen molar-refractivity contribution in [2.24, 2.45) is 0 Å². The number of rotatable bonds is 8. The maximum Gasteiger partial charge on any atom is 0.490 e. The smallest absolute Gasteiger partial charge is 0.423 e. The molecular formula is C23H28BN5O3Si. The Morgan fingerprint density at radius 3 is 2.55 bits per heavy atom. The van der Waals surface area contributed by atoms with Crippen LogP contribution >= 0.6 is 0 Å². The molecule has 4 heterocycles. The largest absolute Gasteiger partial charge is 0.490 e. The summed E-state index contributed by atoms with van der Waals surface area (Å²) in [6.07, 6.45) is 3.19. The van der Waals surface area contributed by atoms with Crippen molar-refractivity contribution in [3.63, 3.8) is 0 Å². The lowest BCUT2D eigenvalue weighted by molar-refractivity contribution is 0.0882. The summed E-state index contributed by atoms with van der Waals surface area (Å²) in [5.74, 6) is 0. The molecule has 170 valence electrons. The normalized spacial score (nSPS) is 11.8. The van der Waals surface area contributed by atoms with Crippen molar-refractivity contribution >= 4 is 31.7 Å². The molecule has 4 aromatic heterocycles. The molecular weight excluding hydrogens is 433 g/mol. The SMILES string of the molecule is Cc1cccc(-c2ncn(COCC[Si](C)(C)C)c2-c2ccc3ncc(B(O)O)cc3n2)n1. The molecule has 0 atom stereocenters. The van der Waals surface area contributed by atoms with E-state index in [2.05, 4.69) is 34.6 Å². The van der Waals surface area contributed by atoms with Gasteiger partial charge in [0.05, 0.1) is 34.4 Å². The molecule has 2 N–H and O–H groups in total. The molecule has 0 aliphatic heterocycles. The molecule has 10 heteroatoms. The predicted octanol–water partition coefficient (Wildman–Crippen LogP) is 2.86. The molecule has 8 nitrogen and oxygen atoms in total. The standard InChI is InChI=1S/C23H28BN5O3Si/c1-16-6-5-7-19(27-16)22-23(29(14-26-22)15-32-10-11-33(2,3)4)20-9-8-18-21(28-20)12-17(13-25-18)24(30)31/h5-9,12-14,30-31H,10-11,15H2,1-4H3. The van der Waals surface area contributed by atoms with E-state index in [4.69, 9.17) is 9.72 Å². The van der Waals surface area contributed by atoms with Crippen LogP contribution in [0.1, 0.15) is 5.69 Å². The Labute approximate surface area is 194 Å². The molecule has 0 aliphatic carbocycles. The van der Waals surface area contributed by atoms with Crippen LogP contribution in [0.15, 0.2) is 48.9 Å². The molecule has 4 aromatic rings. The topological polar surface area (TPSA) is 106 Å². The third-order valence-corrected chi connectivity index (χ3v) is 7.00. The van der Waals surface area contributed by atoms with E-state index in [1.54, 1.807) is 12.4 Å². The van der Waals surface area contributed by atoms with E-state index in [9.17, 15) is 10.0 Å². The van der Waals surface area contributed by atoms with Crippen LogP contribution in [0.5, 0.6) is 0 Å². The van der Waals surface area contributed by atoms with Gasteiger partial charge in [0.25, 0.3) is 0 Å². The number of imidazole rings is 1. The summed E-state index contributed by atoms with van der Waals surface area (Å²) in [6, 6.07) is 12.3. The highest BCUT2D eigenvalue weighted by molar-refractivity contribution is 6.76. The number of ether oxygens (including phenoxy) is 1. The zero-order valence-corrected chi connectivity index (χ0v) is 20.4. The summed E-state index contributed by atoms with van der Waals surface area (Å²) in [7, 11) is -2.80. The molecule has 0 bridgehead atoms. The van der Waals surface area contributed by atoms with Crippen molar-refractivity contribution in [1.29, 1.82) is 0 Å². The maximum absolute atomic E-state index is 9.53. The van der Waals surface area contributed by atoms with Crippen molar-refractivity contribution < 1.29 is 14.8 Å². The monoisotopic (exact) mass is 461 g/mol. The van der Waals surface area contributed by atoms with Gasteiger partial charge in [-0.15, -0.1) is 0 Å². The third-order valence-electron chi connectivity index (χ3n) is 5.29. The fraction of sp³-hybridized carbons (Fsp3) is 0.304. The van der Waals surface area contributed by atoms with E-state index in [0.29, 0.717) is 35.8 Å². The summed E-state index contributed by atoms with van der Waals surface area (Å²) in [4.78, 5) is 18.4. The van der Waals surface area contributed by atoms with E-state index in [1.807, 2.05) is 41.8 Å². The first kappa shape index (κ1) is 23.2. The number of hydrogen-bond acceptors (Lipinski definition) is 7. The maximum atomic E-state index is 9.53. The Hall–Kier alpha value is -2.92. The van der Waals surface area contributed by atoms with Crippen LogP contribution in [0, 0.1) is 6.92 Å². The van der Waals surface area contributed by atoms with Gasteiger partial charge in [-0.3, -0.25) is 9.97 Å². The van der Waals surface area contributed by atoms with Crippen LogP contribution in [0.3, 0.4) is 0 Å². The summed E-state index contributed by atoms with van der Waals surface area (Å²) >= 11 is 0. The fourth-order valence-corrected chi connectivity index (χ4v) is 4.20. The molecule has 0 saturated heterocycles. The quantitative estimate of drug-likeness (QED) is 0.307. The van der Waals surface area contributed by atoms with Crippen molar-refractivity contribution in [2.75, 3.05) is 6.61 Å². The number of fused-ring (bicyclic) bond motifs is 1. The Bertz CT molecular complexity index is 1270. The summed E-state index contributed by atoms with van der Waals surface area (Å²) < 4.78 is 7.94. The molecule has 4 rings (SSSR count). The summed E-state index contributed by atoms with van der Waals surface area (Å²) in [6.45, 7) is 9.97. The molecule has 33 heavy (non-hydrogen) atoms. The lowest BCUT2D eigenvalue weighted by atomic mass is 9.81. The van der Waals surface area contributed by atoms with E-state index >= 15 is 0 Å². The minimum absolute atomic E-state index is 0.288. The predicted molar refractivity (Wildman–Crippen MR) is 133 cm³/mol. The van der Waals surface area contributed by atoms with Gasteiger partial charge < -0.3 is 19.4 Å². The first-order chi connectivity index (χ1) is 15.7. The average Bonchev–Trinajstić information content (AvgIpc) is 3.19. The van der Waals surface area contributed by atoms with Crippen LogP contribution in [0.2, 0.25) is 25.7 Å². The Kier molecular flexibility index (Phi) is 6.71. The molecule has 0 aromatic carbocycles. The summed E-state index contributed by atoms with van der Waals surface area (Å²) in [5, 5.41) is 19.1. The van der Waals surface area contributed by atoms with Crippen LogP contribution in [0.4, 0.5) is 0 Å². The molecule has 0 radical (unpaired) electrons. The van der Waals surface area contributed by atoms with Crippen molar-refractivity contribution in [2.45, 2.75) is 39.3 Å². The van der Waals surface area contributed by atoms with Crippen LogP contribution in [-0.4, -0.2) is 56.4 Å². The molecule has 0 fully saturated rings. The lowest BCUT2D eigenvalue weighted by Gasteiger charge is -2.16. The van der Waals surface area contributed by atoms with Gasteiger partial charge in [-0.25, -0.2) is 9.97 Å². The van der Waals surface area contributed by atoms with Crippen LogP contribution in [-0.2, 0) is 11.5 Å². The van der Waals surface area contributed by atoms with Gasteiger partial charge in [0.1, 0.15) is 12.4 Å². The highest BCUT2D eigenvalue weighted by Gasteiger charge is 2.19. The zero-order chi connectivity index (χ0) is 23.6. The van der Waals surface area contributed by atoms with Gasteiger partial charge in [-0.05, 0) is 43.3 Å². The van der Waals surface area contributed by atoms with E-state index in [1.165, 1.54) is 6.20 Å². The second-order valence-corrected chi connectivity index (χ2v) is 14.9. The molecule has 0 saturated carbocycles. The highest BCUT2D eigenvalue weighted by atomic mass is 28.3. The van der Waals surface area contributed by atoms with E-state index in [0.717, 1.165) is 23.1 Å². The van der Waals surface area contributed by atoms with E-state index < -0.39 is 15.2 Å². The van der Waals surface area contributed by atoms with Gasteiger partial charge in [0.2, 0.25) is 0 Å². The second-order valence-electron chi connectivity index (χ2n) is 9.30. The number of hydrogen-bond donors (Lipinski definition) is 2. The molecule has 0 amide bonds. The van der Waals surface area contributed by atoms with E-state index in [-0.39, 0.29) is 5.46 Å². The van der Waals surface area contributed by atoms with Gasteiger partial charge in [0.15, 0.2) is 0 Å². The van der Waals surface area contributed by atoms with Gasteiger partial charge in [-0.1, -0.05) is 25.7 Å². The fourth-order valence-electron chi connectivity index (χ4n) is 3.45. The molecule has 0 aliphatic rings. The first-order valence-electron chi connectivity index (χ1n) is 10.9. The van der Waals surface area contributed by atoms with Gasteiger partial charge in [0, 0.05) is 32.0 Å². The second kappa shape index (κ2) is 9.52. The van der Waals surface area contributed by atoms with Gasteiger partial charge >= 0.3 is 7.12 Å². The minimum atomic E-state index is -1.61. The van der Waals surface area contributed by atoms with Crippen molar-refractivity contribution in [3.05, 3.63) is 54.6 Å². The Balaban J connectivity index is 1.76. The zero-order valence-electron chi connectivity index (χ0n) is 19.4. The molecule has 0 spiro atoms. The molecule has 0 unspecified atom stereocenters. The third kappa shape index (κ3) is 5.53. The van der Waals surface area contributed by atoms with Crippen LogP contribution < -0.4 is 5.46 Å². The van der Waals surface area contributed by atoms with Crippen molar-refractivity contribution in [3.8, 4) is 22.8 Å².